The zero-order valence-electron chi connectivity index (χ0n) is 18.3. The van der Waals surface area contributed by atoms with E-state index < -0.39 is 22.8 Å². The summed E-state index contributed by atoms with van der Waals surface area (Å²) in [5.41, 5.74) is 0.558. The van der Waals surface area contributed by atoms with Crippen molar-refractivity contribution in [3.05, 3.63) is 67.8 Å². The number of halogens is 1. The van der Waals surface area contributed by atoms with E-state index in [1.165, 1.54) is 29.2 Å². The first kappa shape index (κ1) is 24.2. The number of nitro groups is 1. The molecule has 0 N–H and O–H groups in total. The minimum atomic E-state index is -0.949. The number of hydrogen-bond donors (Lipinski definition) is 0. The van der Waals surface area contributed by atoms with Gasteiger partial charge in [0.2, 0.25) is 5.91 Å². The first-order valence-electron chi connectivity index (χ1n) is 10.8. The molecule has 2 heterocycles. The molecule has 1 unspecified atom stereocenters. The predicted molar refractivity (Wildman–Crippen MR) is 131 cm³/mol. The van der Waals surface area contributed by atoms with Crippen molar-refractivity contribution in [1.29, 1.82) is 0 Å². The number of anilines is 1. The Morgan fingerprint density at radius 2 is 1.74 bits per heavy atom. The number of benzene rings is 2. The third kappa shape index (κ3) is 5.26. The number of non-ortho nitro benzene ring substituents is 1. The molecule has 0 radical (unpaired) electrons. The molecule has 2 aromatic carbocycles. The number of nitro benzene ring substituents is 1. The third-order valence-corrected chi connectivity index (χ3v) is 6.65. The van der Waals surface area contributed by atoms with Gasteiger partial charge in [0.05, 0.1) is 30.2 Å². The minimum absolute atomic E-state index is 0.118. The molecule has 34 heavy (non-hydrogen) atoms. The molecule has 0 aliphatic carbocycles. The SMILES string of the molecule is O=C1CC(N(CCN2CCOCC2)C(=O)c2ccc([N+](=O)[O-])cc2)C(=O)N1c1ccc(I)cc1. The summed E-state index contributed by atoms with van der Waals surface area (Å²) in [5, 5.41) is 11.0. The molecule has 4 rings (SSSR count). The van der Waals surface area contributed by atoms with Gasteiger partial charge >= 0.3 is 0 Å². The molecule has 3 amide bonds. The van der Waals surface area contributed by atoms with Crippen LogP contribution < -0.4 is 4.90 Å². The molecule has 178 valence electrons. The van der Waals surface area contributed by atoms with Crippen LogP contribution in [0.5, 0.6) is 0 Å². The van der Waals surface area contributed by atoms with Gasteiger partial charge < -0.3 is 9.64 Å². The molecule has 2 saturated heterocycles. The summed E-state index contributed by atoms with van der Waals surface area (Å²) in [6, 6.07) is 11.3. The van der Waals surface area contributed by atoms with E-state index in [-0.39, 0.29) is 30.1 Å². The van der Waals surface area contributed by atoms with Crippen LogP contribution in [-0.2, 0) is 14.3 Å². The molecule has 1 atom stereocenters. The van der Waals surface area contributed by atoms with Gasteiger partial charge in [0, 0.05) is 47.4 Å². The Labute approximate surface area is 209 Å². The zero-order chi connectivity index (χ0) is 24.2. The second kappa shape index (κ2) is 10.6. The predicted octanol–water partition coefficient (Wildman–Crippen LogP) is 2.31. The highest BCUT2D eigenvalue weighted by Crippen LogP contribution is 2.27. The molecule has 2 aromatic rings. The highest BCUT2D eigenvalue weighted by Gasteiger charge is 2.44. The van der Waals surface area contributed by atoms with Crippen molar-refractivity contribution < 1.29 is 24.0 Å². The Morgan fingerprint density at radius 1 is 1.09 bits per heavy atom. The number of nitrogens with zero attached hydrogens (tertiary/aromatic N) is 4. The number of amides is 3. The van der Waals surface area contributed by atoms with Gasteiger partial charge in [-0.05, 0) is 59.0 Å². The van der Waals surface area contributed by atoms with Gasteiger partial charge in [-0.15, -0.1) is 0 Å². The van der Waals surface area contributed by atoms with Crippen LogP contribution >= 0.6 is 22.6 Å². The van der Waals surface area contributed by atoms with Crippen molar-refractivity contribution >= 4 is 51.7 Å². The van der Waals surface area contributed by atoms with Crippen LogP contribution in [0.1, 0.15) is 16.8 Å². The second-order valence-corrected chi connectivity index (χ2v) is 9.27. The van der Waals surface area contributed by atoms with E-state index in [1.54, 1.807) is 12.1 Å². The van der Waals surface area contributed by atoms with Crippen LogP contribution in [0, 0.1) is 13.7 Å². The molecule has 0 bridgehead atoms. The molecular weight excluding hydrogens is 555 g/mol. The second-order valence-electron chi connectivity index (χ2n) is 8.02. The number of hydrogen-bond acceptors (Lipinski definition) is 7. The topological polar surface area (TPSA) is 113 Å². The molecule has 2 aliphatic rings. The fourth-order valence-electron chi connectivity index (χ4n) is 4.09. The molecule has 2 aliphatic heterocycles. The maximum atomic E-state index is 13.5. The Morgan fingerprint density at radius 3 is 2.35 bits per heavy atom. The Balaban J connectivity index is 1.59. The molecule has 0 spiro atoms. The van der Waals surface area contributed by atoms with Crippen LogP contribution in [0.15, 0.2) is 48.5 Å². The number of carbonyl (C=O) groups is 3. The highest BCUT2D eigenvalue weighted by atomic mass is 127. The minimum Gasteiger partial charge on any atom is -0.379 e. The molecule has 10 nitrogen and oxygen atoms in total. The van der Waals surface area contributed by atoms with Crippen molar-refractivity contribution in [1.82, 2.24) is 9.80 Å². The lowest BCUT2D eigenvalue weighted by Gasteiger charge is -2.32. The molecule has 11 heteroatoms. The van der Waals surface area contributed by atoms with Gasteiger partial charge in [-0.3, -0.25) is 29.4 Å². The average molecular weight is 578 g/mol. The van der Waals surface area contributed by atoms with Gasteiger partial charge in [-0.1, -0.05) is 0 Å². The van der Waals surface area contributed by atoms with Crippen molar-refractivity contribution in [3.63, 3.8) is 0 Å². The van der Waals surface area contributed by atoms with E-state index in [4.69, 9.17) is 4.74 Å². The number of morpholine rings is 1. The van der Waals surface area contributed by atoms with Crippen LogP contribution in [0.3, 0.4) is 0 Å². The van der Waals surface area contributed by atoms with Crippen LogP contribution in [0.4, 0.5) is 11.4 Å². The third-order valence-electron chi connectivity index (χ3n) is 5.93. The lowest BCUT2D eigenvalue weighted by atomic mass is 10.1. The van der Waals surface area contributed by atoms with Gasteiger partial charge in [0.1, 0.15) is 6.04 Å². The zero-order valence-corrected chi connectivity index (χ0v) is 20.4. The largest absolute Gasteiger partial charge is 0.379 e. The summed E-state index contributed by atoms with van der Waals surface area (Å²) in [4.78, 5) is 54.8. The normalized spacial score (nSPS) is 18.9. The average Bonchev–Trinajstić information content (AvgIpc) is 3.14. The number of ether oxygens (including phenoxy) is 1. The van der Waals surface area contributed by atoms with Crippen LogP contribution in [-0.4, -0.2) is 77.9 Å². The summed E-state index contributed by atoms with van der Waals surface area (Å²) in [5.74, 6) is -1.27. The lowest BCUT2D eigenvalue weighted by molar-refractivity contribution is -0.384. The van der Waals surface area contributed by atoms with Crippen molar-refractivity contribution in [3.8, 4) is 0 Å². The standard InChI is InChI=1S/C23H23IN4O6/c24-17-3-7-18(8-4-17)27-21(29)15-20(23(27)31)26(10-9-25-11-13-34-14-12-25)22(30)16-1-5-19(6-2-16)28(32)33/h1-8,20H,9-15H2. The van der Waals surface area contributed by atoms with E-state index in [0.717, 1.165) is 8.47 Å². The number of carbonyl (C=O) groups excluding carboxylic acids is 3. The maximum absolute atomic E-state index is 13.5. The lowest BCUT2D eigenvalue weighted by Crippen LogP contribution is -2.49. The quantitative estimate of drug-likeness (QED) is 0.215. The maximum Gasteiger partial charge on any atom is 0.269 e. The molecular formula is C23H23IN4O6. The van der Waals surface area contributed by atoms with Crippen LogP contribution in [0.2, 0.25) is 0 Å². The van der Waals surface area contributed by atoms with Crippen molar-refractivity contribution in [2.24, 2.45) is 0 Å². The van der Waals surface area contributed by atoms with Gasteiger partial charge in [-0.25, -0.2) is 4.90 Å². The monoisotopic (exact) mass is 578 g/mol. The summed E-state index contributed by atoms with van der Waals surface area (Å²) < 4.78 is 6.34. The van der Waals surface area contributed by atoms with E-state index in [2.05, 4.69) is 27.5 Å². The summed E-state index contributed by atoms with van der Waals surface area (Å²) >= 11 is 2.14. The smallest absolute Gasteiger partial charge is 0.269 e. The first-order chi connectivity index (χ1) is 16.3. The first-order valence-corrected chi connectivity index (χ1v) is 11.9. The number of rotatable bonds is 7. The number of imide groups is 1. The fourth-order valence-corrected chi connectivity index (χ4v) is 4.44. The van der Waals surface area contributed by atoms with E-state index in [0.29, 0.717) is 38.5 Å². The summed E-state index contributed by atoms with van der Waals surface area (Å²) in [6.45, 7) is 3.37. The van der Waals surface area contributed by atoms with Crippen molar-refractivity contribution in [2.75, 3.05) is 44.3 Å². The fraction of sp³-hybridized carbons (Fsp3) is 0.348. The summed E-state index contributed by atoms with van der Waals surface area (Å²) in [6.07, 6.45) is -0.118. The Hall–Kier alpha value is -2.90. The van der Waals surface area contributed by atoms with Crippen LogP contribution in [0.25, 0.3) is 0 Å². The Bertz CT molecular complexity index is 1090. The van der Waals surface area contributed by atoms with E-state index in [1.807, 2.05) is 12.1 Å². The van der Waals surface area contributed by atoms with Gasteiger partial charge in [-0.2, -0.15) is 0 Å². The highest BCUT2D eigenvalue weighted by molar-refractivity contribution is 14.1. The van der Waals surface area contributed by atoms with E-state index >= 15 is 0 Å². The molecule has 0 saturated carbocycles. The van der Waals surface area contributed by atoms with Crippen molar-refractivity contribution in [2.45, 2.75) is 12.5 Å². The van der Waals surface area contributed by atoms with Gasteiger partial charge in [0.15, 0.2) is 0 Å². The van der Waals surface area contributed by atoms with E-state index in [9.17, 15) is 24.5 Å². The molecule has 2 fully saturated rings. The van der Waals surface area contributed by atoms with Gasteiger partial charge in [0.25, 0.3) is 17.5 Å². The molecule has 0 aromatic heterocycles. The summed E-state index contributed by atoms with van der Waals surface area (Å²) in [7, 11) is 0. The Kier molecular flexibility index (Phi) is 7.54.